The highest BCUT2D eigenvalue weighted by atomic mass is 16.5. The molecule has 2 fully saturated rings. The molecule has 3 heteroatoms. The molecule has 18 heavy (non-hydrogen) atoms. The topological polar surface area (TPSA) is 46.5 Å². The van der Waals surface area contributed by atoms with Crippen LogP contribution < -0.4 is 0 Å². The van der Waals surface area contributed by atoms with Crippen LogP contribution in [0.1, 0.15) is 52.4 Å². The van der Waals surface area contributed by atoms with Crippen LogP contribution in [0, 0.1) is 23.2 Å². The summed E-state index contributed by atoms with van der Waals surface area (Å²) in [5.74, 6) is 1.30. The van der Waals surface area contributed by atoms with Gasteiger partial charge >= 0.3 is 5.97 Å². The minimum Gasteiger partial charge on any atom is -0.481 e. The molecule has 0 spiro atoms. The summed E-state index contributed by atoms with van der Waals surface area (Å²) in [4.78, 5) is 11.7. The van der Waals surface area contributed by atoms with E-state index in [0.29, 0.717) is 11.8 Å². The number of carbonyl (C=O) groups is 1. The van der Waals surface area contributed by atoms with Gasteiger partial charge in [-0.05, 0) is 56.3 Å². The lowest BCUT2D eigenvalue weighted by Crippen LogP contribution is -2.38. The fourth-order valence-electron chi connectivity index (χ4n) is 3.66. The monoisotopic (exact) mass is 254 g/mol. The van der Waals surface area contributed by atoms with E-state index in [1.54, 1.807) is 0 Å². The smallest absolute Gasteiger partial charge is 0.309 e. The molecule has 104 valence electrons. The molecule has 1 atom stereocenters. The van der Waals surface area contributed by atoms with Gasteiger partial charge in [0.15, 0.2) is 0 Å². The molecule has 0 aromatic heterocycles. The molecule has 0 aromatic carbocycles. The normalized spacial score (nSPS) is 37.1. The van der Waals surface area contributed by atoms with Crippen molar-refractivity contribution in [2.75, 3.05) is 13.2 Å². The van der Waals surface area contributed by atoms with E-state index in [4.69, 9.17) is 4.74 Å². The maximum absolute atomic E-state index is 11.7. The molecular weight excluding hydrogens is 228 g/mol. The molecule has 1 saturated heterocycles. The van der Waals surface area contributed by atoms with Gasteiger partial charge in [0.05, 0.1) is 5.41 Å². The van der Waals surface area contributed by atoms with Crippen molar-refractivity contribution in [3.63, 3.8) is 0 Å². The summed E-state index contributed by atoms with van der Waals surface area (Å²) in [5.41, 5.74) is -0.455. The van der Waals surface area contributed by atoms with Crippen molar-refractivity contribution < 1.29 is 14.6 Å². The molecular formula is C15H26O3. The Morgan fingerprint density at radius 1 is 1.33 bits per heavy atom. The van der Waals surface area contributed by atoms with Crippen LogP contribution in [0.15, 0.2) is 0 Å². The number of hydrogen-bond donors (Lipinski definition) is 1. The first-order valence-corrected chi connectivity index (χ1v) is 7.35. The molecule has 1 unspecified atom stereocenters. The van der Waals surface area contributed by atoms with Crippen LogP contribution in [0.2, 0.25) is 0 Å². The Labute approximate surface area is 110 Å². The van der Waals surface area contributed by atoms with Gasteiger partial charge < -0.3 is 9.84 Å². The summed E-state index contributed by atoms with van der Waals surface area (Å²) in [6, 6.07) is 0. The lowest BCUT2D eigenvalue weighted by molar-refractivity contribution is -0.153. The predicted octanol–water partition coefficient (Wildman–Crippen LogP) is 3.33. The van der Waals surface area contributed by atoms with Crippen molar-refractivity contribution in [1.82, 2.24) is 0 Å². The Hall–Kier alpha value is -0.570. The minimum atomic E-state index is -0.573. The highest BCUT2D eigenvalue weighted by Crippen LogP contribution is 2.46. The summed E-state index contributed by atoms with van der Waals surface area (Å²) in [6.45, 7) is 6.09. The van der Waals surface area contributed by atoms with Crippen molar-refractivity contribution in [3.8, 4) is 0 Å². The van der Waals surface area contributed by atoms with Crippen molar-refractivity contribution in [1.29, 1.82) is 0 Å². The highest BCUT2D eigenvalue weighted by molar-refractivity contribution is 5.74. The molecule has 3 nitrogen and oxygen atoms in total. The van der Waals surface area contributed by atoms with E-state index in [-0.39, 0.29) is 0 Å². The summed E-state index contributed by atoms with van der Waals surface area (Å²) < 4.78 is 5.39. The maximum atomic E-state index is 11.7. The highest BCUT2D eigenvalue weighted by Gasteiger charge is 2.44. The van der Waals surface area contributed by atoms with Gasteiger partial charge in [0, 0.05) is 13.2 Å². The number of hydrogen-bond acceptors (Lipinski definition) is 2. The maximum Gasteiger partial charge on any atom is 0.309 e. The van der Waals surface area contributed by atoms with E-state index in [9.17, 15) is 9.90 Å². The molecule has 1 aliphatic heterocycles. The van der Waals surface area contributed by atoms with E-state index in [2.05, 4.69) is 13.8 Å². The van der Waals surface area contributed by atoms with E-state index in [0.717, 1.165) is 57.7 Å². The molecule has 1 aliphatic carbocycles. The third-order valence-electron chi connectivity index (χ3n) is 5.09. The van der Waals surface area contributed by atoms with Gasteiger partial charge in [-0.1, -0.05) is 13.8 Å². The fourth-order valence-corrected chi connectivity index (χ4v) is 3.66. The molecule has 2 rings (SSSR count). The number of carboxylic acid groups (broad SMARTS) is 1. The Bertz CT molecular complexity index is 284. The average Bonchev–Trinajstić information content (AvgIpc) is 2.82. The van der Waals surface area contributed by atoms with Crippen LogP contribution in [-0.2, 0) is 9.53 Å². The van der Waals surface area contributed by atoms with Crippen LogP contribution in [-0.4, -0.2) is 24.3 Å². The average molecular weight is 254 g/mol. The Morgan fingerprint density at radius 3 is 2.44 bits per heavy atom. The second-order valence-electron chi connectivity index (χ2n) is 6.60. The van der Waals surface area contributed by atoms with Gasteiger partial charge in [0.2, 0.25) is 0 Å². The van der Waals surface area contributed by atoms with Crippen molar-refractivity contribution in [2.45, 2.75) is 52.4 Å². The Kier molecular flexibility index (Phi) is 4.31. The van der Waals surface area contributed by atoms with Crippen molar-refractivity contribution in [3.05, 3.63) is 0 Å². The second-order valence-corrected chi connectivity index (χ2v) is 6.60. The summed E-state index contributed by atoms with van der Waals surface area (Å²) >= 11 is 0. The third-order valence-corrected chi connectivity index (χ3v) is 5.09. The lowest BCUT2D eigenvalue weighted by Gasteiger charge is -2.39. The van der Waals surface area contributed by atoms with Crippen LogP contribution in [0.3, 0.4) is 0 Å². The van der Waals surface area contributed by atoms with Crippen LogP contribution in [0.4, 0.5) is 0 Å². The molecule has 2 aliphatic rings. The molecule has 0 radical (unpaired) electrons. The van der Waals surface area contributed by atoms with Crippen LogP contribution >= 0.6 is 0 Å². The minimum absolute atomic E-state index is 0.455. The first-order valence-electron chi connectivity index (χ1n) is 7.35. The van der Waals surface area contributed by atoms with Gasteiger partial charge in [-0.15, -0.1) is 0 Å². The molecule has 0 aromatic rings. The van der Waals surface area contributed by atoms with Crippen LogP contribution in [0.5, 0.6) is 0 Å². The standard InChI is InChI=1S/C15H26O3/c1-11(2)13-3-6-15(7-4-13,14(16)17)9-12-5-8-18-10-12/h11-13H,3-10H2,1-2H3,(H,16,17). The number of carboxylic acids is 1. The van der Waals surface area contributed by atoms with Crippen LogP contribution in [0.25, 0.3) is 0 Å². The van der Waals surface area contributed by atoms with Gasteiger partial charge in [-0.2, -0.15) is 0 Å². The largest absolute Gasteiger partial charge is 0.481 e. The fraction of sp³-hybridized carbons (Fsp3) is 0.933. The number of rotatable bonds is 4. The zero-order chi connectivity index (χ0) is 13.2. The Morgan fingerprint density at radius 2 is 2.00 bits per heavy atom. The zero-order valence-electron chi connectivity index (χ0n) is 11.7. The molecule has 0 bridgehead atoms. The molecule has 0 amide bonds. The number of aliphatic carboxylic acids is 1. The third kappa shape index (κ3) is 2.87. The SMILES string of the molecule is CC(C)C1CCC(CC2CCOC2)(C(=O)O)CC1. The zero-order valence-corrected chi connectivity index (χ0v) is 11.7. The summed E-state index contributed by atoms with van der Waals surface area (Å²) in [7, 11) is 0. The van der Waals surface area contributed by atoms with E-state index in [1.807, 2.05) is 0 Å². The van der Waals surface area contributed by atoms with Gasteiger partial charge in [0.25, 0.3) is 0 Å². The molecule has 1 heterocycles. The lowest BCUT2D eigenvalue weighted by atomic mass is 9.64. The quantitative estimate of drug-likeness (QED) is 0.837. The van der Waals surface area contributed by atoms with E-state index >= 15 is 0 Å². The molecule has 1 saturated carbocycles. The summed E-state index contributed by atoms with van der Waals surface area (Å²) in [6.07, 6.45) is 5.76. The van der Waals surface area contributed by atoms with Gasteiger partial charge in [-0.25, -0.2) is 0 Å². The van der Waals surface area contributed by atoms with E-state index in [1.165, 1.54) is 0 Å². The summed E-state index contributed by atoms with van der Waals surface area (Å²) in [5, 5.41) is 9.63. The number of ether oxygens (including phenoxy) is 1. The van der Waals surface area contributed by atoms with Crippen molar-refractivity contribution >= 4 is 5.97 Å². The molecule has 1 N–H and O–H groups in total. The van der Waals surface area contributed by atoms with Gasteiger partial charge in [0.1, 0.15) is 0 Å². The van der Waals surface area contributed by atoms with Gasteiger partial charge in [-0.3, -0.25) is 4.79 Å². The first kappa shape index (κ1) is 13.9. The first-order chi connectivity index (χ1) is 8.53. The Balaban J connectivity index is 1.98. The van der Waals surface area contributed by atoms with E-state index < -0.39 is 11.4 Å². The second kappa shape index (κ2) is 5.60. The van der Waals surface area contributed by atoms with Crippen molar-refractivity contribution in [2.24, 2.45) is 23.2 Å². The predicted molar refractivity (Wildman–Crippen MR) is 70.4 cm³/mol.